The fraction of sp³-hybridized carbons (Fsp3) is 0.455. The van der Waals surface area contributed by atoms with E-state index in [1.54, 1.807) is 5.01 Å². The molecule has 0 amide bonds. The van der Waals surface area contributed by atoms with Crippen molar-refractivity contribution in [3.05, 3.63) is 20.2 Å². The Morgan fingerprint density at radius 1 is 1.38 bits per heavy atom. The third-order valence-corrected chi connectivity index (χ3v) is 4.56. The number of anilines is 2. The first kappa shape index (κ1) is 14.1. The maximum atomic E-state index is 6.03. The van der Waals surface area contributed by atoms with Crippen LogP contribution in [0.2, 0.25) is 0 Å². The molecule has 0 aliphatic heterocycles. The van der Waals surface area contributed by atoms with Gasteiger partial charge in [-0.1, -0.05) is 20.8 Å². The number of rotatable bonds is 2. The lowest BCUT2D eigenvalue weighted by atomic mass is 9.96. The summed E-state index contributed by atoms with van der Waals surface area (Å²) in [5.74, 6) is 6.03. The van der Waals surface area contributed by atoms with Crippen LogP contribution in [0.5, 0.6) is 0 Å². The van der Waals surface area contributed by atoms with Gasteiger partial charge in [0.15, 0.2) is 0 Å². The van der Waals surface area contributed by atoms with Gasteiger partial charge in [-0.25, -0.2) is 5.84 Å². The molecule has 0 saturated heterocycles. The van der Waals surface area contributed by atoms with Crippen molar-refractivity contribution in [3.8, 4) is 0 Å². The molecule has 0 fully saturated rings. The van der Waals surface area contributed by atoms with Crippen molar-refractivity contribution in [1.82, 2.24) is 0 Å². The zero-order valence-corrected chi connectivity index (χ0v) is 13.5. The number of hydrogen-bond donors (Lipinski definition) is 2. The maximum Gasteiger partial charge on any atom is 0.0759 e. The highest BCUT2D eigenvalue weighted by Crippen LogP contribution is 2.34. The summed E-state index contributed by atoms with van der Waals surface area (Å²) < 4.78 is 2.00. The number of hydrazine groups is 1. The molecule has 16 heavy (non-hydrogen) atoms. The largest absolute Gasteiger partial charge is 0.396 e. The lowest BCUT2D eigenvalue weighted by Crippen LogP contribution is -2.38. The number of nitrogens with zero attached hydrogens (tertiary/aromatic N) is 1. The summed E-state index contributed by atoms with van der Waals surface area (Å²) in [5.41, 5.74) is 7.72. The molecule has 0 aliphatic rings. The van der Waals surface area contributed by atoms with E-state index < -0.39 is 0 Å². The van der Waals surface area contributed by atoms with Gasteiger partial charge in [-0.15, -0.1) is 0 Å². The number of nitrogens with two attached hydrogens (primary N) is 2. The second-order valence-electron chi connectivity index (χ2n) is 4.98. The lowest BCUT2D eigenvalue weighted by Gasteiger charge is -2.28. The van der Waals surface area contributed by atoms with Crippen LogP contribution in [0, 0.1) is 8.99 Å². The van der Waals surface area contributed by atoms with Crippen LogP contribution in [0.25, 0.3) is 0 Å². The second-order valence-corrected chi connectivity index (χ2v) is 6.94. The predicted molar refractivity (Wildman–Crippen MR) is 82.3 cm³/mol. The minimum absolute atomic E-state index is 0.136. The van der Waals surface area contributed by atoms with Gasteiger partial charge in [0, 0.05) is 10.1 Å². The zero-order valence-electron chi connectivity index (χ0n) is 9.72. The number of benzene rings is 1. The van der Waals surface area contributed by atoms with Crippen LogP contribution in [0.1, 0.15) is 20.8 Å². The van der Waals surface area contributed by atoms with E-state index in [0.29, 0.717) is 5.69 Å². The Kier molecular flexibility index (Phi) is 4.48. The van der Waals surface area contributed by atoms with Crippen LogP contribution in [-0.2, 0) is 0 Å². The molecule has 0 aliphatic carbocycles. The number of nitrogen functional groups attached to an aromatic ring is 1. The summed E-state index contributed by atoms with van der Waals surface area (Å²) in [5, 5.41) is 1.70. The van der Waals surface area contributed by atoms with Crippen molar-refractivity contribution in [2.24, 2.45) is 11.3 Å². The van der Waals surface area contributed by atoms with E-state index in [4.69, 9.17) is 11.6 Å². The van der Waals surface area contributed by atoms with Crippen LogP contribution in [0.15, 0.2) is 16.6 Å². The molecule has 1 aromatic rings. The van der Waals surface area contributed by atoms with Gasteiger partial charge in [0.25, 0.3) is 0 Å². The van der Waals surface area contributed by atoms with E-state index in [1.165, 1.54) is 0 Å². The topological polar surface area (TPSA) is 55.3 Å². The lowest BCUT2D eigenvalue weighted by molar-refractivity contribution is 0.412. The Hall–Kier alpha value is -0.0100. The van der Waals surface area contributed by atoms with Gasteiger partial charge in [-0.05, 0) is 56.1 Å². The molecule has 0 saturated carbocycles. The van der Waals surface area contributed by atoms with Crippen molar-refractivity contribution in [3.63, 3.8) is 0 Å². The Morgan fingerprint density at radius 2 is 1.94 bits per heavy atom. The van der Waals surface area contributed by atoms with E-state index in [9.17, 15) is 0 Å². The van der Waals surface area contributed by atoms with Gasteiger partial charge in [-0.3, -0.25) is 0 Å². The fourth-order valence-corrected chi connectivity index (χ4v) is 2.21. The normalized spacial score (nSPS) is 11.6. The molecule has 0 unspecified atom stereocenters. The molecule has 3 nitrogen and oxygen atoms in total. The molecular formula is C11H17BrIN3. The summed E-state index contributed by atoms with van der Waals surface area (Å²) in [6, 6.07) is 3.95. The van der Waals surface area contributed by atoms with E-state index >= 15 is 0 Å². The highest BCUT2D eigenvalue weighted by molar-refractivity contribution is 14.1. The van der Waals surface area contributed by atoms with E-state index in [-0.39, 0.29) is 5.41 Å². The van der Waals surface area contributed by atoms with E-state index in [0.717, 1.165) is 20.3 Å². The van der Waals surface area contributed by atoms with Crippen molar-refractivity contribution in [1.29, 1.82) is 0 Å². The first-order chi connectivity index (χ1) is 7.22. The maximum absolute atomic E-state index is 6.03. The van der Waals surface area contributed by atoms with Gasteiger partial charge in [-0.2, -0.15) is 0 Å². The fourth-order valence-electron chi connectivity index (χ4n) is 1.40. The van der Waals surface area contributed by atoms with Crippen LogP contribution >= 0.6 is 38.5 Å². The average Bonchev–Trinajstić information content (AvgIpc) is 2.11. The Morgan fingerprint density at radius 3 is 2.44 bits per heavy atom. The average molecular weight is 398 g/mol. The molecule has 0 atom stereocenters. The SMILES string of the molecule is CC(C)(C)CN(N)c1ccc(I)c(Br)c1N. The third-order valence-electron chi connectivity index (χ3n) is 2.06. The minimum atomic E-state index is 0.136. The van der Waals surface area contributed by atoms with Crippen molar-refractivity contribution in [2.45, 2.75) is 20.8 Å². The van der Waals surface area contributed by atoms with Gasteiger partial charge in [0.05, 0.1) is 15.8 Å². The summed E-state index contributed by atoms with van der Waals surface area (Å²) in [7, 11) is 0. The van der Waals surface area contributed by atoms with Crippen LogP contribution in [-0.4, -0.2) is 6.54 Å². The predicted octanol–water partition coefficient (Wildman–Crippen LogP) is 3.36. The highest BCUT2D eigenvalue weighted by atomic mass is 127. The van der Waals surface area contributed by atoms with Crippen molar-refractivity contribution < 1.29 is 0 Å². The molecule has 1 rings (SSSR count). The molecule has 0 aromatic heterocycles. The molecule has 5 heteroatoms. The summed E-state index contributed by atoms with van der Waals surface area (Å²) in [4.78, 5) is 0. The van der Waals surface area contributed by atoms with Gasteiger partial charge in [0.1, 0.15) is 0 Å². The first-order valence-electron chi connectivity index (χ1n) is 4.98. The molecule has 0 heterocycles. The zero-order chi connectivity index (χ0) is 12.5. The number of halogens is 2. The second kappa shape index (κ2) is 5.10. The van der Waals surface area contributed by atoms with Gasteiger partial charge < -0.3 is 10.7 Å². The Bertz CT molecular complexity index is 388. The summed E-state index contributed by atoms with van der Waals surface area (Å²) in [6.07, 6.45) is 0. The van der Waals surface area contributed by atoms with E-state index in [1.807, 2.05) is 12.1 Å². The summed E-state index contributed by atoms with van der Waals surface area (Å²) in [6.45, 7) is 7.19. The van der Waals surface area contributed by atoms with Gasteiger partial charge in [0.2, 0.25) is 0 Å². The molecule has 0 spiro atoms. The summed E-state index contributed by atoms with van der Waals surface area (Å²) >= 11 is 5.70. The Balaban J connectivity index is 3.01. The third kappa shape index (κ3) is 3.49. The van der Waals surface area contributed by atoms with Crippen LogP contribution in [0.4, 0.5) is 11.4 Å². The monoisotopic (exact) mass is 397 g/mol. The highest BCUT2D eigenvalue weighted by Gasteiger charge is 2.17. The minimum Gasteiger partial charge on any atom is -0.396 e. The molecular weight excluding hydrogens is 381 g/mol. The standard InChI is InChI=1S/C11H17BrIN3/c1-11(2,3)6-16(15)8-5-4-7(13)9(12)10(8)14/h4-5H,6,14-15H2,1-3H3. The van der Waals surface area contributed by atoms with Crippen molar-refractivity contribution >= 4 is 49.9 Å². The molecule has 1 aromatic carbocycles. The molecule has 0 bridgehead atoms. The van der Waals surface area contributed by atoms with Crippen molar-refractivity contribution in [2.75, 3.05) is 17.3 Å². The van der Waals surface area contributed by atoms with Gasteiger partial charge >= 0.3 is 0 Å². The van der Waals surface area contributed by atoms with E-state index in [2.05, 4.69) is 59.3 Å². The van der Waals surface area contributed by atoms with Crippen LogP contribution < -0.4 is 16.6 Å². The molecule has 0 radical (unpaired) electrons. The smallest absolute Gasteiger partial charge is 0.0759 e. The quantitative estimate of drug-likeness (QED) is 0.348. The van der Waals surface area contributed by atoms with Crippen LogP contribution in [0.3, 0.4) is 0 Å². The first-order valence-corrected chi connectivity index (χ1v) is 6.85. The number of hydrogen-bond acceptors (Lipinski definition) is 3. The molecule has 4 N–H and O–H groups in total. The molecule has 90 valence electrons. The Labute approximate surface area is 119 Å².